The third-order valence-electron chi connectivity index (χ3n) is 3.99. The van der Waals surface area contributed by atoms with Crippen LogP contribution in [0.25, 0.3) is 0 Å². The van der Waals surface area contributed by atoms with Crippen LogP contribution >= 0.6 is 23.2 Å². The first-order chi connectivity index (χ1) is 14.3. The highest BCUT2D eigenvalue weighted by molar-refractivity contribution is 6.36. The summed E-state index contributed by atoms with van der Waals surface area (Å²) in [6.07, 6.45) is 0. The Morgan fingerprint density at radius 1 is 0.800 bits per heavy atom. The minimum absolute atomic E-state index is 0.0832. The van der Waals surface area contributed by atoms with E-state index in [-0.39, 0.29) is 33.3 Å². The number of ether oxygens (including phenoxy) is 1. The molecule has 0 spiro atoms. The van der Waals surface area contributed by atoms with Gasteiger partial charge in [-0.15, -0.1) is 0 Å². The van der Waals surface area contributed by atoms with Crippen molar-refractivity contribution < 1.29 is 29.3 Å². The zero-order valence-electron chi connectivity index (χ0n) is 15.1. The number of carboxylic acid groups (broad SMARTS) is 2. The van der Waals surface area contributed by atoms with E-state index in [0.717, 1.165) is 12.1 Å². The molecule has 0 aliphatic heterocycles. The van der Waals surface area contributed by atoms with Gasteiger partial charge in [0.2, 0.25) is 0 Å². The molecule has 30 heavy (non-hydrogen) atoms. The molecular weight excluding hydrogens is 433 g/mol. The first kappa shape index (κ1) is 21.2. The smallest absolute Gasteiger partial charge is 0.336 e. The lowest BCUT2D eigenvalue weighted by Crippen LogP contribution is -2.13. The Bertz CT molecular complexity index is 1160. The number of carboxylic acids is 2. The van der Waals surface area contributed by atoms with Crippen LogP contribution in [0, 0.1) is 0 Å². The van der Waals surface area contributed by atoms with Gasteiger partial charge >= 0.3 is 11.9 Å². The Balaban J connectivity index is 1.90. The molecule has 0 bridgehead atoms. The van der Waals surface area contributed by atoms with Crippen LogP contribution in [-0.4, -0.2) is 28.1 Å². The van der Waals surface area contributed by atoms with E-state index in [4.69, 9.17) is 33.0 Å². The van der Waals surface area contributed by atoms with Gasteiger partial charge in [0, 0.05) is 5.02 Å². The van der Waals surface area contributed by atoms with Gasteiger partial charge in [0.1, 0.15) is 5.75 Å². The quantitative estimate of drug-likeness (QED) is 0.465. The molecule has 1 amide bonds. The van der Waals surface area contributed by atoms with E-state index >= 15 is 0 Å². The molecule has 0 aliphatic rings. The molecule has 0 atom stereocenters. The Morgan fingerprint density at radius 2 is 1.50 bits per heavy atom. The number of carbonyl (C=O) groups is 3. The lowest BCUT2D eigenvalue weighted by Gasteiger charge is -2.13. The fraction of sp³-hybridized carbons (Fsp3) is 0. The number of halogens is 2. The number of nitrogens with one attached hydrogen (secondary N) is 1. The number of para-hydroxylation sites is 2. The third kappa shape index (κ3) is 4.71. The topological polar surface area (TPSA) is 113 Å². The van der Waals surface area contributed by atoms with E-state index in [0.29, 0.717) is 5.02 Å². The van der Waals surface area contributed by atoms with Gasteiger partial charge < -0.3 is 20.3 Å². The van der Waals surface area contributed by atoms with E-state index < -0.39 is 23.4 Å². The summed E-state index contributed by atoms with van der Waals surface area (Å²) < 4.78 is 5.70. The van der Waals surface area contributed by atoms with Gasteiger partial charge in [-0.3, -0.25) is 4.79 Å². The summed E-state index contributed by atoms with van der Waals surface area (Å²) in [6, 6.07) is 14.5. The van der Waals surface area contributed by atoms with E-state index in [1.807, 2.05) is 0 Å². The van der Waals surface area contributed by atoms with Crippen molar-refractivity contribution in [1.29, 1.82) is 0 Å². The van der Waals surface area contributed by atoms with Crippen LogP contribution in [0.3, 0.4) is 0 Å². The highest BCUT2D eigenvalue weighted by Crippen LogP contribution is 2.31. The molecule has 0 aromatic heterocycles. The van der Waals surface area contributed by atoms with Crippen molar-refractivity contribution in [3.63, 3.8) is 0 Å². The molecule has 7 nitrogen and oxygen atoms in total. The van der Waals surface area contributed by atoms with Gasteiger partial charge in [-0.05, 0) is 48.5 Å². The number of carbonyl (C=O) groups excluding carboxylic acids is 1. The molecular formula is C21H13Cl2NO6. The zero-order valence-corrected chi connectivity index (χ0v) is 16.6. The molecule has 152 valence electrons. The fourth-order valence-corrected chi connectivity index (χ4v) is 2.97. The van der Waals surface area contributed by atoms with E-state index in [1.54, 1.807) is 30.3 Å². The summed E-state index contributed by atoms with van der Waals surface area (Å²) >= 11 is 12.0. The van der Waals surface area contributed by atoms with Crippen LogP contribution in [0.4, 0.5) is 5.69 Å². The highest BCUT2D eigenvalue weighted by atomic mass is 35.5. The Kier molecular flexibility index (Phi) is 6.25. The SMILES string of the molecule is O=C(Nc1ccccc1Oc1ccc(C(=O)O)c(C(=O)O)c1)c1cc(Cl)ccc1Cl. The zero-order chi connectivity index (χ0) is 21.8. The van der Waals surface area contributed by atoms with Gasteiger partial charge in [0.15, 0.2) is 5.75 Å². The minimum Gasteiger partial charge on any atom is -0.478 e. The minimum atomic E-state index is -1.41. The normalized spacial score (nSPS) is 10.3. The number of benzene rings is 3. The first-order valence-corrected chi connectivity index (χ1v) is 9.16. The second-order valence-corrected chi connectivity index (χ2v) is 6.84. The van der Waals surface area contributed by atoms with E-state index in [2.05, 4.69) is 5.32 Å². The second-order valence-electron chi connectivity index (χ2n) is 5.99. The van der Waals surface area contributed by atoms with Crippen molar-refractivity contribution in [1.82, 2.24) is 0 Å². The molecule has 0 aliphatic carbocycles. The monoisotopic (exact) mass is 445 g/mol. The lowest BCUT2D eigenvalue weighted by atomic mass is 10.1. The lowest BCUT2D eigenvalue weighted by molar-refractivity contribution is 0.0651. The average Bonchev–Trinajstić information content (AvgIpc) is 2.71. The van der Waals surface area contributed by atoms with Crippen LogP contribution in [0.1, 0.15) is 31.1 Å². The molecule has 3 aromatic carbocycles. The third-order valence-corrected chi connectivity index (χ3v) is 4.55. The summed E-state index contributed by atoms with van der Waals surface area (Å²) in [7, 11) is 0. The maximum absolute atomic E-state index is 12.6. The Hall–Kier alpha value is -3.55. The van der Waals surface area contributed by atoms with Crippen LogP contribution in [0.2, 0.25) is 10.0 Å². The first-order valence-electron chi connectivity index (χ1n) is 8.40. The van der Waals surface area contributed by atoms with Gasteiger partial charge in [-0.2, -0.15) is 0 Å². The van der Waals surface area contributed by atoms with Crippen molar-refractivity contribution in [3.8, 4) is 11.5 Å². The molecule has 0 saturated carbocycles. The number of aromatic carboxylic acids is 2. The van der Waals surface area contributed by atoms with Crippen molar-refractivity contribution >= 4 is 46.7 Å². The standard InChI is InChI=1S/C21H13Cl2NO6/c22-11-5-8-16(23)15(9-11)19(25)24-17-3-1-2-4-18(17)30-12-6-7-13(20(26)27)14(10-12)21(28)29/h1-10H,(H,24,25)(H,26,27)(H,28,29). The number of amides is 1. The van der Waals surface area contributed by atoms with Gasteiger partial charge in [-0.25, -0.2) is 9.59 Å². The predicted octanol–water partition coefficient (Wildman–Crippen LogP) is 5.43. The molecule has 3 N–H and O–H groups in total. The second kappa shape index (κ2) is 8.86. The van der Waals surface area contributed by atoms with Crippen LogP contribution in [0.15, 0.2) is 60.7 Å². The largest absolute Gasteiger partial charge is 0.478 e. The van der Waals surface area contributed by atoms with Crippen molar-refractivity contribution in [2.24, 2.45) is 0 Å². The molecule has 9 heteroatoms. The Labute approximate surface area is 180 Å². The average molecular weight is 446 g/mol. The van der Waals surface area contributed by atoms with Crippen molar-refractivity contribution in [2.75, 3.05) is 5.32 Å². The molecule has 0 saturated heterocycles. The van der Waals surface area contributed by atoms with Crippen LogP contribution < -0.4 is 10.1 Å². The summed E-state index contributed by atoms with van der Waals surface area (Å²) in [4.78, 5) is 35.1. The van der Waals surface area contributed by atoms with E-state index in [9.17, 15) is 19.5 Å². The molecule has 0 unspecified atom stereocenters. The number of hydrogen-bond acceptors (Lipinski definition) is 4. The van der Waals surface area contributed by atoms with Crippen LogP contribution in [0.5, 0.6) is 11.5 Å². The highest BCUT2D eigenvalue weighted by Gasteiger charge is 2.18. The Morgan fingerprint density at radius 3 is 2.20 bits per heavy atom. The number of hydrogen-bond donors (Lipinski definition) is 3. The van der Waals surface area contributed by atoms with Gasteiger partial charge in [-0.1, -0.05) is 35.3 Å². The van der Waals surface area contributed by atoms with Crippen molar-refractivity contribution in [3.05, 3.63) is 87.4 Å². The van der Waals surface area contributed by atoms with Gasteiger partial charge in [0.25, 0.3) is 5.91 Å². The summed E-state index contributed by atoms with van der Waals surface area (Å²) in [5.74, 6) is -3.01. The number of rotatable bonds is 6. The summed E-state index contributed by atoms with van der Waals surface area (Å²) in [5, 5.41) is 21.6. The molecule has 3 rings (SSSR count). The summed E-state index contributed by atoms with van der Waals surface area (Å²) in [5.41, 5.74) is -0.338. The van der Waals surface area contributed by atoms with E-state index in [1.165, 1.54) is 18.2 Å². The predicted molar refractivity (Wildman–Crippen MR) is 111 cm³/mol. The maximum atomic E-state index is 12.6. The van der Waals surface area contributed by atoms with Gasteiger partial charge in [0.05, 0.1) is 27.4 Å². The summed E-state index contributed by atoms with van der Waals surface area (Å²) in [6.45, 7) is 0. The van der Waals surface area contributed by atoms with Crippen molar-refractivity contribution in [2.45, 2.75) is 0 Å². The van der Waals surface area contributed by atoms with Crippen LogP contribution in [-0.2, 0) is 0 Å². The molecule has 0 radical (unpaired) electrons. The molecule has 3 aromatic rings. The maximum Gasteiger partial charge on any atom is 0.336 e. The molecule has 0 fully saturated rings. The fourth-order valence-electron chi connectivity index (χ4n) is 2.60. The molecule has 0 heterocycles. The number of anilines is 1.